The second kappa shape index (κ2) is 6.07. The van der Waals surface area contributed by atoms with Crippen LogP contribution in [0.1, 0.15) is 27.8 Å². The highest BCUT2D eigenvalue weighted by Gasteiger charge is 2.31. The van der Waals surface area contributed by atoms with Crippen LogP contribution in [0.15, 0.2) is 36.5 Å². The number of para-hydroxylation sites is 1. The van der Waals surface area contributed by atoms with E-state index in [0.717, 1.165) is 34.0 Å². The van der Waals surface area contributed by atoms with Gasteiger partial charge in [0.2, 0.25) is 5.91 Å². The van der Waals surface area contributed by atoms with Crippen LogP contribution in [0, 0.1) is 13.8 Å². The summed E-state index contributed by atoms with van der Waals surface area (Å²) in [6, 6.07) is 9.85. The fourth-order valence-electron chi connectivity index (χ4n) is 3.27. The number of rotatable bonds is 2. The van der Waals surface area contributed by atoms with Crippen molar-refractivity contribution in [3.63, 3.8) is 0 Å². The number of benzene rings is 1. The zero-order chi connectivity index (χ0) is 17.6. The molecule has 4 rings (SSSR count). The van der Waals surface area contributed by atoms with Gasteiger partial charge in [-0.3, -0.25) is 9.48 Å². The van der Waals surface area contributed by atoms with Gasteiger partial charge in [0.1, 0.15) is 5.82 Å². The summed E-state index contributed by atoms with van der Waals surface area (Å²) in [6.45, 7) is 4.08. The molecule has 0 saturated carbocycles. The topological polar surface area (TPSA) is 64.7 Å². The van der Waals surface area contributed by atoms with Crippen LogP contribution in [0.4, 0.5) is 5.82 Å². The average Bonchev–Trinajstić information content (AvgIpc) is 3.06. The van der Waals surface area contributed by atoms with Crippen LogP contribution in [0.5, 0.6) is 0 Å². The molecule has 0 saturated heterocycles. The van der Waals surface area contributed by atoms with Crippen molar-refractivity contribution in [1.82, 2.24) is 19.6 Å². The Labute approximate surface area is 150 Å². The zero-order valence-electron chi connectivity index (χ0n) is 14.4. The highest BCUT2D eigenvalue weighted by molar-refractivity contribution is 8.00. The third-order valence-electron chi connectivity index (χ3n) is 4.55. The number of aryl methyl sites for hydroxylation is 2. The largest absolute Gasteiger partial charge is 0.310 e. The average molecular weight is 353 g/mol. The fraction of sp³-hybridized carbons (Fsp3) is 0.278. The Bertz CT molecular complexity index is 944. The Morgan fingerprint density at radius 2 is 2.00 bits per heavy atom. The zero-order valence-corrected chi connectivity index (χ0v) is 15.2. The molecule has 0 unspecified atom stereocenters. The molecule has 0 fully saturated rings. The van der Waals surface area contributed by atoms with E-state index in [2.05, 4.69) is 22.4 Å². The Kier molecular flexibility index (Phi) is 3.88. The summed E-state index contributed by atoms with van der Waals surface area (Å²) in [6.07, 6.45) is 1.86. The lowest BCUT2D eigenvalue weighted by molar-refractivity contribution is -0.113. The lowest BCUT2D eigenvalue weighted by atomic mass is 10.0. The Balaban J connectivity index is 1.88. The molecular weight excluding hydrogens is 334 g/mol. The summed E-state index contributed by atoms with van der Waals surface area (Å²) in [5.74, 6) is 1.14. The highest BCUT2D eigenvalue weighted by atomic mass is 32.2. The number of hydrogen-bond donors (Lipinski definition) is 1. The molecule has 1 atom stereocenters. The van der Waals surface area contributed by atoms with Gasteiger partial charge in [-0.1, -0.05) is 18.2 Å². The minimum Gasteiger partial charge on any atom is -0.310 e. The van der Waals surface area contributed by atoms with E-state index >= 15 is 0 Å². The van der Waals surface area contributed by atoms with E-state index in [1.54, 1.807) is 16.4 Å². The van der Waals surface area contributed by atoms with Crippen LogP contribution in [-0.2, 0) is 11.8 Å². The molecule has 0 spiro atoms. The third-order valence-corrected chi connectivity index (χ3v) is 5.80. The third kappa shape index (κ3) is 2.64. The SMILES string of the molecule is Cc1nn(C)c(C)c1[C@@H]1SCC(=O)Nc2c1cnn2-c1ccccc1. The number of fused-ring (bicyclic) bond motifs is 1. The predicted octanol–water partition coefficient (Wildman–Crippen LogP) is 3.00. The molecule has 1 amide bonds. The van der Waals surface area contributed by atoms with Crippen LogP contribution in [0.25, 0.3) is 5.69 Å². The van der Waals surface area contributed by atoms with Crippen molar-refractivity contribution in [2.24, 2.45) is 7.05 Å². The van der Waals surface area contributed by atoms with E-state index in [-0.39, 0.29) is 11.2 Å². The van der Waals surface area contributed by atoms with Gasteiger partial charge >= 0.3 is 0 Å². The van der Waals surface area contributed by atoms with Crippen molar-refractivity contribution < 1.29 is 4.79 Å². The number of hydrogen-bond acceptors (Lipinski definition) is 4. The minimum absolute atomic E-state index is 0.00868. The Morgan fingerprint density at radius 3 is 2.68 bits per heavy atom. The number of aromatic nitrogens is 4. The highest BCUT2D eigenvalue weighted by Crippen LogP contribution is 2.44. The van der Waals surface area contributed by atoms with E-state index in [9.17, 15) is 4.79 Å². The Morgan fingerprint density at radius 1 is 1.24 bits per heavy atom. The summed E-state index contributed by atoms with van der Waals surface area (Å²) in [4.78, 5) is 12.3. The van der Waals surface area contributed by atoms with E-state index in [1.165, 1.54) is 0 Å². The van der Waals surface area contributed by atoms with Gasteiger partial charge in [0.15, 0.2) is 0 Å². The number of carbonyl (C=O) groups excluding carboxylic acids is 1. The molecule has 6 nitrogen and oxygen atoms in total. The van der Waals surface area contributed by atoms with Gasteiger partial charge < -0.3 is 5.32 Å². The summed E-state index contributed by atoms with van der Waals surface area (Å²) < 4.78 is 3.69. The van der Waals surface area contributed by atoms with Gasteiger partial charge in [-0.2, -0.15) is 10.2 Å². The van der Waals surface area contributed by atoms with Crippen LogP contribution in [0.3, 0.4) is 0 Å². The van der Waals surface area contributed by atoms with E-state index in [0.29, 0.717) is 5.75 Å². The maximum atomic E-state index is 12.3. The monoisotopic (exact) mass is 353 g/mol. The molecule has 2 aromatic heterocycles. The van der Waals surface area contributed by atoms with Crippen molar-refractivity contribution in [3.8, 4) is 5.69 Å². The molecular formula is C18H19N5OS. The second-order valence-corrected chi connectivity index (χ2v) is 7.24. The molecule has 0 aliphatic carbocycles. The van der Waals surface area contributed by atoms with Gasteiger partial charge in [0.05, 0.1) is 28.6 Å². The Hall–Kier alpha value is -2.54. The molecule has 0 bridgehead atoms. The second-order valence-electron chi connectivity index (χ2n) is 6.14. The molecule has 0 radical (unpaired) electrons. The number of anilines is 1. The number of amides is 1. The first-order valence-corrected chi connectivity index (χ1v) is 9.16. The molecule has 128 valence electrons. The lowest BCUT2D eigenvalue weighted by Crippen LogP contribution is -2.15. The number of nitrogens with zero attached hydrogens (tertiary/aromatic N) is 4. The van der Waals surface area contributed by atoms with Crippen molar-refractivity contribution in [3.05, 3.63) is 59.0 Å². The molecule has 3 heterocycles. The molecule has 1 aliphatic rings. The van der Waals surface area contributed by atoms with Gasteiger partial charge in [0.25, 0.3) is 0 Å². The standard InChI is InChI=1S/C18H19N5OS/c1-11-16(12(2)22(3)21-11)17-14-9-19-23(13-7-5-4-6-8-13)18(14)20-15(24)10-25-17/h4-9,17H,10H2,1-3H3,(H,20,24)/t17-/m1/s1. The minimum atomic E-state index is -0.00868. The van der Waals surface area contributed by atoms with Crippen molar-refractivity contribution in [2.75, 3.05) is 11.1 Å². The summed E-state index contributed by atoms with van der Waals surface area (Å²) in [7, 11) is 1.95. The normalized spacial score (nSPS) is 17.1. The van der Waals surface area contributed by atoms with Crippen molar-refractivity contribution in [1.29, 1.82) is 0 Å². The molecule has 7 heteroatoms. The number of thioether (sulfide) groups is 1. The van der Waals surface area contributed by atoms with Crippen molar-refractivity contribution in [2.45, 2.75) is 19.1 Å². The first kappa shape index (κ1) is 16.0. The quantitative estimate of drug-likeness (QED) is 0.769. The van der Waals surface area contributed by atoms with Crippen LogP contribution in [-0.4, -0.2) is 31.2 Å². The van der Waals surface area contributed by atoms with Crippen molar-refractivity contribution >= 4 is 23.5 Å². The first-order valence-electron chi connectivity index (χ1n) is 8.11. The molecule has 1 aromatic carbocycles. The molecule has 1 aliphatic heterocycles. The van der Waals surface area contributed by atoms with Crippen LogP contribution >= 0.6 is 11.8 Å². The molecule has 25 heavy (non-hydrogen) atoms. The lowest BCUT2D eigenvalue weighted by Gasteiger charge is -2.15. The molecule has 1 N–H and O–H groups in total. The maximum absolute atomic E-state index is 12.3. The van der Waals surface area contributed by atoms with Gasteiger partial charge in [-0.25, -0.2) is 4.68 Å². The van der Waals surface area contributed by atoms with Crippen LogP contribution < -0.4 is 5.32 Å². The van der Waals surface area contributed by atoms with Gasteiger partial charge in [-0.05, 0) is 26.0 Å². The van der Waals surface area contributed by atoms with Gasteiger partial charge in [0, 0.05) is 23.9 Å². The maximum Gasteiger partial charge on any atom is 0.235 e. The molecule has 3 aromatic rings. The summed E-state index contributed by atoms with van der Waals surface area (Å²) in [5, 5.41) is 12.1. The number of carbonyl (C=O) groups is 1. The summed E-state index contributed by atoms with van der Waals surface area (Å²) in [5.41, 5.74) is 5.21. The van der Waals surface area contributed by atoms with E-state index in [4.69, 9.17) is 0 Å². The number of nitrogens with one attached hydrogen (secondary N) is 1. The summed E-state index contributed by atoms with van der Waals surface area (Å²) >= 11 is 1.62. The fourth-order valence-corrected chi connectivity index (χ4v) is 4.52. The van der Waals surface area contributed by atoms with Gasteiger partial charge in [-0.15, -0.1) is 11.8 Å². The van der Waals surface area contributed by atoms with Crippen LogP contribution in [0.2, 0.25) is 0 Å². The first-order chi connectivity index (χ1) is 12.1. The van der Waals surface area contributed by atoms with E-state index < -0.39 is 0 Å². The predicted molar refractivity (Wildman–Crippen MR) is 99.2 cm³/mol. The van der Waals surface area contributed by atoms with E-state index in [1.807, 2.05) is 55.2 Å². The smallest absolute Gasteiger partial charge is 0.235 e.